The molecule has 14 heavy (non-hydrogen) atoms. The van der Waals surface area contributed by atoms with Crippen molar-refractivity contribution in [3.05, 3.63) is 17.5 Å². The molecule has 3 N–H and O–H groups in total. The summed E-state index contributed by atoms with van der Waals surface area (Å²) >= 11 is 5.55. The first-order valence-electron chi connectivity index (χ1n) is 3.89. The van der Waals surface area contributed by atoms with E-state index in [1.54, 1.807) is 12.1 Å². The van der Waals surface area contributed by atoms with E-state index in [2.05, 4.69) is 12.6 Å². The molecular formula is C8H7BO3S2. The van der Waals surface area contributed by atoms with Crippen molar-refractivity contribution in [1.29, 1.82) is 0 Å². The maximum Gasteiger partial charge on any atom is 0.493 e. The number of benzene rings is 1. The lowest BCUT2D eigenvalue weighted by Gasteiger charge is -2.07. The zero-order valence-electron chi connectivity index (χ0n) is 7.01. The molecule has 0 aliphatic carbocycles. The maximum atomic E-state index is 9.73. The van der Waals surface area contributed by atoms with Crippen molar-refractivity contribution in [2.24, 2.45) is 0 Å². The Bertz CT molecular complexity index is 481. The summed E-state index contributed by atoms with van der Waals surface area (Å²) in [4.78, 5) is 0.382. The van der Waals surface area contributed by atoms with E-state index in [-0.39, 0.29) is 11.2 Å². The average molecular weight is 226 g/mol. The summed E-state index contributed by atoms with van der Waals surface area (Å²) in [6.07, 6.45) is 0. The van der Waals surface area contributed by atoms with Crippen LogP contribution in [0.3, 0.4) is 0 Å². The third kappa shape index (κ3) is 1.40. The van der Waals surface area contributed by atoms with Gasteiger partial charge in [0.05, 0.1) is 0 Å². The Balaban J connectivity index is 2.82. The van der Waals surface area contributed by atoms with Crippen molar-refractivity contribution in [3.8, 4) is 5.75 Å². The molecule has 1 aromatic carbocycles. The van der Waals surface area contributed by atoms with Crippen LogP contribution in [0.2, 0.25) is 0 Å². The molecule has 72 valence electrons. The van der Waals surface area contributed by atoms with E-state index in [4.69, 9.17) is 10.0 Å². The molecule has 3 nitrogen and oxygen atoms in total. The highest BCUT2D eigenvalue weighted by Gasteiger charge is 2.21. The van der Waals surface area contributed by atoms with Gasteiger partial charge in [0.1, 0.15) is 5.75 Å². The summed E-state index contributed by atoms with van der Waals surface area (Å²) in [5.41, 5.74) is 0.0548. The van der Waals surface area contributed by atoms with Gasteiger partial charge >= 0.3 is 7.12 Å². The highest BCUT2D eigenvalue weighted by atomic mass is 32.1. The molecule has 0 aliphatic rings. The second-order valence-electron chi connectivity index (χ2n) is 2.86. The first-order chi connectivity index (χ1) is 6.61. The molecule has 1 aromatic heterocycles. The zero-order valence-corrected chi connectivity index (χ0v) is 8.72. The number of rotatable bonds is 1. The lowest BCUT2D eigenvalue weighted by Crippen LogP contribution is -2.31. The molecule has 0 amide bonds. The maximum absolute atomic E-state index is 9.73. The van der Waals surface area contributed by atoms with Crippen LogP contribution in [0.25, 0.3) is 10.1 Å². The normalized spacial score (nSPS) is 10.8. The molecule has 0 radical (unpaired) electrons. The van der Waals surface area contributed by atoms with E-state index in [9.17, 15) is 5.11 Å². The van der Waals surface area contributed by atoms with Crippen LogP contribution in [0.5, 0.6) is 5.75 Å². The lowest BCUT2D eigenvalue weighted by atomic mass is 9.79. The summed E-state index contributed by atoms with van der Waals surface area (Å²) in [7, 11) is -1.70. The summed E-state index contributed by atoms with van der Waals surface area (Å²) in [6.45, 7) is 0. The molecule has 2 rings (SSSR count). The zero-order chi connectivity index (χ0) is 10.3. The molecule has 2 aromatic rings. The number of hydrogen-bond acceptors (Lipinski definition) is 5. The summed E-state index contributed by atoms with van der Waals surface area (Å²) in [5.74, 6) is -0.108. The second-order valence-corrected chi connectivity index (χ2v) is 4.29. The Morgan fingerprint density at radius 2 is 2.07 bits per heavy atom. The van der Waals surface area contributed by atoms with Crippen LogP contribution in [0.1, 0.15) is 0 Å². The number of fused-ring (bicyclic) bond motifs is 1. The van der Waals surface area contributed by atoms with E-state index < -0.39 is 7.12 Å². The van der Waals surface area contributed by atoms with E-state index >= 15 is 0 Å². The van der Waals surface area contributed by atoms with Crippen molar-refractivity contribution in [1.82, 2.24) is 0 Å². The second kappa shape index (κ2) is 3.47. The molecule has 0 unspecified atom stereocenters. The lowest BCUT2D eigenvalue weighted by molar-refractivity contribution is 0.419. The summed E-state index contributed by atoms with van der Waals surface area (Å²) in [5, 5.41) is 30.2. The quantitative estimate of drug-likeness (QED) is 0.425. The first-order valence-corrected chi connectivity index (χ1v) is 5.22. The van der Waals surface area contributed by atoms with Crippen molar-refractivity contribution in [3.63, 3.8) is 0 Å². The van der Waals surface area contributed by atoms with E-state index in [0.29, 0.717) is 10.3 Å². The molecule has 0 spiro atoms. The SMILES string of the molecule is OB(O)c1c(S)cc2sccc2c1O. The van der Waals surface area contributed by atoms with Gasteiger partial charge in [-0.2, -0.15) is 0 Å². The smallest absolute Gasteiger partial charge is 0.493 e. The van der Waals surface area contributed by atoms with Crippen LogP contribution in [-0.4, -0.2) is 22.3 Å². The van der Waals surface area contributed by atoms with Crippen LogP contribution in [0.4, 0.5) is 0 Å². The fourth-order valence-corrected chi connectivity index (χ4v) is 2.62. The Hall–Kier alpha value is -0.685. The van der Waals surface area contributed by atoms with Gasteiger partial charge in [-0.3, -0.25) is 0 Å². The first kappa shape index (κ1) is 9.85. The van der Waals surface area contributed by atoms with Crippen LogP contribution in [-0.2, 0) is 0 Å². The van der Waals surface area contributed by atoms with Gasteiger partial charge in [-0.05, 0) is 17.5 Å². The largest absolute Gasteiger partial charge is 0.508 e. The van der Waals surface area contributed by atoms with Crippen molar-refractivity contribution < 1.29 is 15.2 Å². The molecule has 0 aliphatic heterocycles. The van der Waals surface area contributed by atoms with Gasteiger partial charge in [0.15, 0.2) is 0 Å². The molecule has 0 saturated heterocycles. The van der Waals surface area contributed by atoms with E-state index in [1.165, 1.54) is 11.3 Å². The highest BCUT2D eigenvalue weighted by molar-refractivity contribution is 7.80. The van der Waals surface area contributed by atoms with Gasteiger partial charge in [-0.1, -0.05) is 0 Å². The third-order valence-electron chi connectivity index (χ3n) is 2.01. The Morgan fingerprint density at radius 3 is 2.71 bits per heavy atom. The van der Waals surface area contributed by atoms with Crippen LogP contribution < -0.4 is 5.46 Å². The molecule has 0 fully saturated rings. The Kier molecular flexibility index (Phi) is 2.44. The summed E-state index contributed by atoms with van der Waals surface area (Å²) < 4.78 is 0.872. The van der Waals surface area contributed by atoms with Crippen LogP contribution in [0.15, 0.2) is 22.4 Å². The number of thiophene rings is 1. The predicted octanol–water partition coefficient (Wildman–Crippen LogP) is 0.575. The molecule has 0 saturated carbocycles. The number of hydrogen-bond donors (Lipinski definition) is 4. The number of thiol groups is 1. The topological polar surface area (TPSA) is 60.7 Å². The molecule has 6 heteroatoms. The molecule has 0 atom stereocenters. The fraction of sp³-hybridized carbons (Fsp3) is 0. The highest BCUT2D eigenvalue weighted by Crippen LogP contribution is 2.30. The monoisotopic (exact) mass is 226 g/mol. The standard InChI is InChI=1S/C8H7BO3S2/c10-8-4-1-2-14-6(4)3-5(13)7(8)9(11)12/h1-3,10-13H. The number of aromatic hydroxyl groups is 1. The van der Waals surface area contributed by atoms with Gasteiger partial charge in [-0.15, -0.1) is 24.0 Å². The molecule has 0 bridgehead atoms. The van der Waals surface area contributed by atoms with E-state index in [0.717, 1.165) is 4.70 Å². The van der Waals surface area contributed by atoms with Crippen molar-refractivity contribution in [2.45, 2.75) is 4.90 Å². The third-order valence-corrected chi connectivity index (χ3v) is 3.24. The van der Waals surface area contributed by atoms with Gasteiger partial charge in [-0.25, -0.2) is 0 Å². The number of phenolic OH excluding ortho intramolecular Hbond substituents is 1. The minimum absolute atomic E-state index is 0.0548. The van der Waals surface area contributed by atoms with E-state index in [1.807, 2.05) is 5.38 Å². The van der Waals surface area contributed by atoms with Gasteiger partial charge in [0.25, 0.3) is 0 Å². The van der Waals surface area contributed by atoms with Crippen molar-refractivity contribution >= 4 is 46.6 Å². The van der Waals surface area contributed by atoms with Gasteiger partial charge in [0, 0.05) is 20.4 Å². The van der Waals surface area contributed by atoms with Gasteiger partial charge < -0.3 is 15.2 Å². The average Bonchev–Trinajstić information content (AvgIpc) is 2.50. The fourth-order valence-electron chi connectivity index (χ4n) is 1.35. The minimum atomic E-state index is -1.70. The Labute approximate surface area is 90.2 Å². The van der Waals surface area contributed by atoms with Gasteiger partial charge in [0.2, 0.25) is 0 Å². The summed E-state index contributed by atoms with van der Waals surface area (Å²) in [6, 6.07) is 3.44. The van der Waals surface area contributed by atoms with Crippen LogP contribution in [0, 0.1) is 0 Å². The van der Waals surface area contributed by atoms with Crippen LogP contribution >= 0.6 is 24.0 Å². The Morgan fingerprint density at radius 1 is 1.36 bits per heavy atom. The van der Waals surface area contributed by atoms with Crippen molar-refractivity contribution in [2.75, 3.05) is 0 Å². The molecule has 1 heterocycles. The number of phenols is 1. The predicted molar refractivity (Wildman–Crippen MR) is 60.6 cm³/mol. The molecular weight excluding hydrogens is 219 g/mol. The minimum Gasteiger partial charge on any atom is -0.508 e.